The van der Waals surface area contributed by atoms with Gasteiger partial charge in [-0.2, -0.15) is 5.10 Å². The van der Waals surface area contributed by atoms with E-state index < -0.39 is 0 Å². The second-order valence-electron chi connectivity index (χ2n) is 4.29. The molecule has 0 aliphatic rings. The molecule has 21 heavy (non-hydrogen) atoms. The first kappa shape index (κ1) is 15.8. The Morgan fingerprint density at radius 1 is 1.48 bits per heavy atom. The zero-order valence-electron chi connectivity index (χ0n) is 12.1. The maximum absolute atomic E-state index is 5.57. The van der Waals surface area contributed by atoms with E-state index in [0.717, 1.165) is 15.9 Å². The molecule has 6 nitrogen and oxygen atoms in total. The molecule has 0 amide bonds. The highest BCUT2D eigenvalue weighted by atomic mass is 79.9. The molecule has 2 rings (SSSR count). The minimum atomic E-state index is 0.532. The molecule has 0 spiro atoms. The van der Waals surface area contributed by atoms with E-state index in [4.69, 9.17) is 21.7 Å². The average molecular weight is 373 g/mol. The predicted molar refractivity (Wildman–Crippen MR) is 87.1 cm³/mol. The Hall–Kier alpha value is -1.54. The fourth-order valence-corrected chi connectivity index (χ4v) is 2.74. The lowest BCUT2D eigenvalue weighted by Gasteiger charge is -2.14. The SMILES string of the molecule is CCOc1c(Br)cc(CNn2c(C)n[nH]c2=S)cc1OC. The van der Waals surface area contributed by atoms with Gasteiger partial charge in [-0.25, -0.2) is 4.68 Å². The Morgan fingerprint density at radius 2 is 2.24 bits per heavy atom. The van der Waals surface area contributed by atoms with Gasteiger partial charge in [-0.05, 0) is 59.7 Å². The van der Waals surface area contributed by atoms with Crippen molar-refractivity contribution >= 4 is 28.1 Å². The lowest BCUT2D eigenvalue weighted by Crippen LogP contribution is -2.16. The summed E-state index contributed by atoms with van der Waals surface area (Å²) in [7, 11) is 1.62. The zero-order valence-corrected chi connectivity index (χ0v) is 14.5. The van der Waals surface area contributed by atoms with Gasteiger partial charge in [0.2, 0.25) is 4.77 Å². The smallest absolute Gasteiger partial charge is 0.214 e. The van der Waals surface area contributed by atoms with Crippen LogP contribution in [-0.4, -0.2) is 28.6 Å². The third kappa shape index (κ3) is 3.56. The van der Waals surface area contributed by atoms with Gasteiger partial charge < -0.3 is 14.9 Å². The van der Waals surface area contributed by atoms with Crippen LogP contribution in [0.2, 0.25) is 0 Å². The Balaban J connectivity index is 2.21. The van der Waals surface area contributed by atoms with Gasteiger partial charge >= 0.3 is 0 Å². The minimum Gasteiger partial charge on any atom is -0.493 e. The van der Waals surface area contributed by atoms with E-state index in [1.165, 1.54) is 0 Å². The molecule has 0 unspecified atom stereocenters. The highest BCUT2D eigenvalue weighted by molar-refractivity contribution is 9.10. The van der Waals surface area contributed by atoms with Crippen LogP contribution in [0.5, 0.6) is 11.5 Å². The summed E-state index contributed by atoms with van der Waals surface area (Å²) in [6.45, 7) is 4.96. The molecular weight excluding hydrogens is 356 g/mol. The van der Waals surface area contributed by atoms with Crippen LogP contribution >= 0.6 is 28.1 Å². The lowest BCUT2D eigenvalue weighted by atomic mass is 10.2. The van der Waals surface area contributed by atoms with Gasteiger partial charge in [0.1, 0.15) is 5.82 Å². The number of nitrogens with one attached hydrogen (secondary N) is 2. The van der Waals surface area contributed by atoms with Crippen molar-refractivity contribution in [2.45, 2.75) is 20.4 Å². The van der Waals surface area contributed by atoms with Gasteiger partial charge in [-0.1, -0.05) is 0 Å². The number of aryl methyl sites for hydroxylation is 1. The molecule has 1 aromatic carbocycles. The van der Waals surface area contributed by atoms with E-state index in [0.29, 0.717) is 29.4 Å². The summed E-state index contributed by atoms with van der Waals surface area (Å²) in [5.74, 6) is 2.17. The summed E-state index contributed by atoms with van der Waals surface area (Å²) < 4.78 is 14.1. The number of H-pyrrole nitrogens is 1. The number of aromatic amines is 1. The Kier molecular flexibility index (Phi) is 5.24. The van der Waals surface area contributed by atoms with E-state index in [1.54, 1.807) is 11.8 Å². The summed E-state index contributed by atoms with van der Waals surface area (Å²) in [5, 5.41) is 6.78. The molecule has 0 aliphatic carbocycles. The first-order valence-electron chi connectivity index (χ1n) is 6.44. The third-order valence-corrected chi connectivity index (χ3v) is 3.72. The summed E-state index contributed by atoms with van der Waals surface area (Å²) in [4.78, 5) is 0. The fourth-order valence-electron chi connectivity index (χ4n) is 1.89. The molecule has 0 saturated carbocycles. The molecule has 0 saturated heterocycles. The molecule has 1 heterocycles. The number of halogens is 1. The van der Waals surface area contributed by atoms with Gasteiger partial charge in [0, 0.05) is 0 Å². The van der Waals surface area contributed by atoms with Crippen LogP contribution in [0.15, 0.2) is 16.6 Å². The second kappa shape index (κ2) is 6.95. The molecule has 0 radical (unpaired) electrons. The molecule has 114 valence electrons. The largest absolute Gasteiger partial charge is 0.493 e. The van der Waals surface area contributed by atoms with Crippen molar-refractivity contribution in [1.29, 1.82) is 0 Å². The summed E-state index contributed by atoms with van der Waals surface area (Å²) in [5.41, 5.74) is 4.24. The van der Waals surface area contributed by atoms with Crippen molar-refractivity contribution in [2.75, 3.05) is 19.1 Å². The Morgan fingerprint density at radius 3 is 2.81 bits per heavy atom. The third-order valence-electron chi connectivity index (χ3n) is 2.86. The number of methoxy groups -OCH3 is 1. The predicted octanol–water partition coefficient (Wildman–Crippen LogP) is 3.16. The quantitative estimate of drug-likeness (QED) is 0.762. The topological polar surface area (TPSA) is 64.1 Å². The molecule has 8 heteroatoms. The minimum absolute atomic E-state index is 0.532. The van der Waals surface area contributed by atoms with Gasteiger partial charge in [0.25, 0.3) is 0 Å². The van der Waals surface area contributed by atoms with Crippen LogP contribution in [0.25, 0.3) is 0 Å². The summed E-state index contributed by atoms with van der Waals surface area (Å²) in [6.07, 6.45) is 0. The van der Waals surface area contributed by atoms with Gasteiger partial charge in [0.15, 0.2) is 11.5 Å². The molecule has 0 aliphatic heterocycles. The fraction of sp³-hybridized carbons (Fsp3) is 0.385. The van der Waals surface area contributed by atoms with Crippen molar-refractivity contribution in [3.63, 3.8) is 0 Å². The van der Waals surface area contributed by atoms with Crippen LogP contribution < -0.4 is 14.9 Å². The molecule has 0 bridgehead atoms. The summed E-state index contributed by atoms with van der Waals surface area (Å²) >= 11 is 8.66. The Bertz CT molecular complexity index is 683. The van der Waals surface area contributed by atoms with E-state index in [1.807, 2.05) is 26.0 Å². The number of rotatable bonds is 6. The standard InChI is InChI=1S/C13H17BrN4O2S/c1-4-20-12-10(14)5-9(6-11(12)19-3)7-15-18-8(2)16-17-13(18)21/h5-6,15H,4,7H2,1-3H3,(H,17,21). The number of hydrogen-bond acceptors (Lipinski definition) is 5. The molecule has 2 N–H and O–H groups in total. The van der Waals surface area contributed by atoms with Crippen LogP contribution in [0.3, 0.4) is 0 Å². The molecule has 1 aromatic heterocycles. The van der Waals surface area contributed by atoms with Crippen molar-refractivity contribution in [3.8, 4) is 11.5 Å². The summed E-state index contributed by atoms with van der Waals surface area (Å²) in [6, 6.07) is 3.92. The highest BCUT2D eigenvalue weighted by Crippen LogP contribution is 2.36. The van der Waals surface area contributed by atoms with Gasteiger partial charge in [-0.3, -0.25) is 5.10 Å². The van der Waals surface area contributed by atoms with Crippen LogP contribution in [0.4, 0.5) is 0 Å². The molecule has 0 fully saturated rings. The average Bonchev–Trinajstić information content (AvgIpc) is 2.78. The number of benzene rings is 1. The van der Waals surface area contributed by atoms with Crippen molar-refractivity contribution < 1.29 is 9.47 Å². The maximum Gasteiger partial charge on any atom is 0.214 e. The normalized spacial score (nSPS) is 10.5. The first-order chi connectivity index (χ1) is 10.1. The monoisotopic (exact) mass is 372 g/mol. The second-order valence-corrected chi connectivity index (χ2v) is 5.53. The van der Waals surface area contributed by atoms with Crippen LogP contribution in [-0.2, 0) is 6.54 Å². The van der Waals surface area contributed by atoms with Crippen LogP contribution in [0.1, 0.15) is 18.3 Å². The van der Waals surface area contributed by atoms with Gasteiger partial charge in [0.05, 0.1) is 24.7 Å². The first-order valence-corrected chi connectivity index (χ1v) is 7.64. The van der Waals surface area contributed by atoms with E-state index >= 15 is 0 Å². The number of aromatic nitrogens is 3. The van der Waals surface area contributed by atoms with E-state index in [2.05, 4.69) is 31.6 Å². The van der Waals surface area contributed by atoms with Gasteiger partial charge in [-0.15, -0.1) is 0 Å². The number of ether oxygens (including phenoxy) is 2. The molecule has 2 aromatic rings. The lowest BCUT2D eigenvalue weighted by molar-refractivity contribution is 0.308. The number of nitrogens with zero attached hydrogens (tertiary/aromatic N) is 2. The van der Waals surface area contributed by atoms with E-state index in [-0.39, 0.29) is 0 Å². The van der Waals surface area contributed by atoms with Crippen molar-refractivity contribution in [3.05, 3.63) is 32.8 Å². The van der Waals surface area contributed by atoms with E-state index in [9.17, 15) is 0 Å². The zero-order chi connectivity index (χ0) is 15.4. The van der Waals surface area contributed by atoms with Crippen LogP contribution in [0, 0.1) is 11.7 Å². The van der Waals surface area contributed by atoms with Crippen molar-refractivity contribution in [2.24, 2.45) is 0 Å². The molecular formula is C13H17BrN4O2S. The van der Waals surface area contributed by atoms with Crippen molar-refractivity contribution in [1.82, 2.24) is 14.9 Å². The maximum atomic E-state index is 5.57. The molecule has 0 atom stereocenters. The number of hydrogen-bond donors (Lipinski definition) is 2. The Labute approximate surface area is 136 Å². The highest BCUT2D eigenvalue weighted by Gasteiger charge is 2.11.